The molecular weight excluding hydrogens is 230 g/mol. The van der Waals surface area contributed by atoms with Crippen molar-refractivity contribution in [2.24, 2.45) is 0 Å². The van der Waals surface area contributed by atoms with Crippen molar-refractivity contribution in [3.05, 3.63) is 41.9 Å². The maximum atomic E-state index is 12.8. The number of benzene rings is 1. The van der Waals surface area contributed by atoms with Crippen LogP contribution in [-0.4, -0.2) is 0 Å². The Bertz CT molecular complexity index is 408. The van der Waals surface area contributed by atoms with Crippen LogP contribution in [0.4, 0.5) is 4.39 Å². The van der Waals surface area contributed by atoms with Crippen LogP contribution in [-0.2, 0) is 23.2 Å². The van der Waals surface area contributed by atoms with Crippen molar-refractivity contribution < 1.29 is 21.2 Å². The van der Waals surface area contributed by atoms with Gasteiger partial charge in [0.25, 0.3) is 0 Å². The molecule has 0 aliphatic heterocycles. The number of halogens is 1. The Balaban J connectivity index is 0.000000845. The first-order valence-corrected chi connectivity index (χ1v) is 4.64. The van der Waals surface area contributed by atoms with Crippen LogP contribution in [0.25, 0.3) is 10.1 Å². The largest absolute Gasteiger partial charge is 0.339 e. The SMILES string of the molecule is [CH2-]Cc1csc2ccc(F)cc12.[Co]. The molecule has 0 unspecified atom stereocenters. The van der Waals surface area contributed by atoms with Gasteiger partial charge < -0.3 is 6.92 Å². The molecule has 0 bridgehead atoms. The molecule has 0 amide bonds. The second-order valence-electron chi connectivity index (χ2n) is 2.65. The summed E-state index contributed by atoms with van der Waals surface area (Å²) in [7, 11) is 0. The summed E-state index contributed by atoms with van der Waals surface area (Å²) in [6, 6.07) is 4.88. The molecule has 0 atom stereocenters. The molecule has 13 heavy (non-hydrogen) atoms. The summed E-state index contributed by atoms with van der Waals surface area (Å²) < 4.78 is 13.9. The topological polar surface area (TPSA) is 0 Å². The first kappa shape index (κ1) is 10.7. The normalized spacial score (nSPS) is 10.0. The fraction of sp³-hybridized carbons (Fsp3) is 0.100. The maximum absolute atomic E-state index is 12.8. The van der Waals surface area contributed by atoms with E-state index in [-0.39, 0.29) is 22.6 Å². The molecule has 0 aliphatic carbocycles. The summed E-state index contributed by atoms with van der Waals surface area (Å²) in [5, 5.41) is 3.05. The van der Waals surface area contributed by atoms with Crippen molar-refractivity contribution in [3.63, 3.8) is 0 Å². The van der Waals surface area contributed by atoms with Crippen LogP contribution >= 0.6 is 11.3 Å². The molecule has 0 fully saturated rings. The fourth-order valence-corrected chi connectivity index (χ4v) is 2.23. The zero-order valence-corrected chi connectivity index (χ0v) is 8.70. The molecule has 1 heterocycles. The predicted octanol–water partition coefficient (Wildman–Crippen LogP) is 3.41. The average Bonchev–Trinajstić information content (AvgIpc) is 2.46. The van der Waals surface area contributed by atoms with E-state index in [9.17, 15) is 4.39 Å². The number of rotatable bonds is 1. The van der Waals surface area contributed by atoms with Gasteiger partial charge in [-0.05, 0) is 29.0 Å². The predicted molar refractivity (Wildman–Crippen MR) is 50.8 cm³/mol. The van der Waals surface area contributed by atoms with Gasteiger partial charge in [0.1, 0.15) is 5.82 Å². The van der Waals surface area contributed by atoms with Gasteiger partial charge in [0.05, 0.1) is 0 Å². The number of thiophene rings is 1. The molecule has 1 aromatic heterocycles. The third-order valence-corrected chi connectivity index (χ3v) is 2.90. The van der Waals surface area contributed by atoms with Crippen molar-refractivity contribution in [3.8, 4) is 0 Å². The van der Waals surface area contributed by atoms with E-state index < -0.39 is 0 Å². The monoisotopic (exact) mass is 238 g/mol. The van der Waals surface area contributed by atoms with Gasteiger partial charge in [0.15, 0.2) is 0 Å². The molecule has 3 heteroatoms. The Morgan fingerprint density at radius 2 is 2.15 bits per heavy atom. The van der Waals surface area contributed by atoms with Gasteiger partial charge in [-0.15, -0.1) is 11.3 Å². The zero-order chi connectivity index (χ0) is 8.55. The minimum atomic E-state index is -0.171. The van der Waals surface area contributed by atoms with Gasteiger partial charge >= 0.3 is 0 Å². The molecule has 0 spiro atoms. The Kier molecular flexibility index (Phi) is 3.47. The molecule has 2 rings (SSSR count). The third kappa shape index (κ3) is 1.93. The van der Waals surface area contributed by atoms with Crippen molar-refractivity contribution in [1.82, 2.24) is 0 Å². The van der Waals surface area contributed by atoms with Gasteiger partial charge in [-0.25, -0.2) is 4.39 Å². The van der Waals surface area contributed by atoms with Gasteiger partial charge in [-0.2, -0.15) is 6.42 Å². The molecule has 1 radical (unpaired) electrons. The van der Waals surface area contributed by atoms with Crippen LogP contribution in [0.5, 0.6) is 0 Å². The minimum Gasteiger partial charge on any atom is -0.339 e. The minimum absolute atomic E-state index is 0. The van der Waals surface area contributed by atoms with E-state index in [2.05, 4.69) is 6.92 Å². The Labute approximate surface area is 91.0 Å². The van der Waals surface area contributed by atoms with E-state index in [1.165, 1.54) is 6.07 Å². The van der Waals surface area contributed by atoms with Crippen molar-refractivity contribution >= 4 is 21.4 Å². The maximum Gasteiger partial charge on any atom is 0.123 e. The van der Waals surface area contributed by atoms with Crippen LogP contribution in [0.1, 0.15) is 5.56 Å². The molecule has 1 aromatic carbocycles. The van der Waals surface area contributed by atoms with E-state index in [0.717, 1.165) is 22.1 Å². The van der Waals surface area contributed by atoms with Crippen LogP contribution in [0, 0.1) is 12.7 Å². The zero-order valence-electron chi connectivity index (χ0n) is 6.84. The third-order valence-electron chi connectivity index (χ3n) is 1.89. The molecule has 71 valence electrons. The summed E-state index contributed by atoms with van der Waals surface area (Å²) in [5.74, 6) is -0.171. The van der Waals surface area contributed by atoms with E-state index >= 15 is 0 Å². The van der Waals surface area contributed by atoms with Crippen LogP contribution in [0.2, 0.25) is 0 Å². The van der Waals surface area contributed by atoms with Crippen LogP contribution < -0.4 is 0 Å². The van der Waals surface area contributed by atoms with Gasteiger partial charge in [-0.3, -0.25) is 0 Å². The standard InChI is InChI=1S/C10H8FS.Co/c1-2-7-6-12-10-4-3-8(11)5-9(7)10;/h3-6H,1-2H2;/q-1;. The second-order valence-corrected chi connectivity index (χ2v) is 3.56. The molecule has 0 saturated carbocycles. The number of fused-ring (bicyclic) bond motifs is 1. The Hall–Kier alpha value is -0.384. The molecule has 0 aliphatic rings. The molecule has 0 N–H and O–H groups in total. The summed E-state index contributed by atoms with van der Waals surface area (Å²) in [4.78, 5) is 0. The van der Waals surface area contributed by atoms with Gasteiger partial charge in [0.2, 0.25) is 0 Å². The fourth-order valence-electron chi connectivity index (χ4n) is 1.25. The van der Waals surface area contributed by atoms with E-state index in [0.29, 0.717) is 0 Å². The molecule has 0 saturated heterocycles. The van der Waals surface area contributed by atoms with E-state index in [1.54, 1.807) is 17.4 Å². The first-order chi connectivity index (χ1) is 5.81. The van der Waals surface area contributed by atoms with Crippen LogP contribution in [0.15, 0.2) is 23.6 Å². The quantitative estimate of drug-likeness (QED) is 0.668. The Morgan fingerprint density at radius 1 is 1.38 bits per heavy atom. The molecule has 2 aromatic rings. The van der Waals surface area contributed by atoms with Crippen molar-refractivity contribution in [2.45, 2.75) is 6.42 Å². The molecule has 0 nitrogen and oxygen atoms in total. The van der Waals surface area contributed by atoms with Crippen LogP contribution in [0.3, 0.4) is 0 Å². The number of hydrogen-bond acceptors (Lipinski definition) is 1. The van der Waals surface area contributed by atoms with Gasteiger partial charge in [0, 0.05) is 21.5 Å². The second kappa shape index (κ2) is 4.22. The van der Waals surface area contributed by atoms with Crippen molar-refractivity contribution in [1.29, 1.82) is 0 Å². The van der Waals surface area contributed by atoms with E-state index in [1.807, 2.05) is 11.4 Å². The Morgan fingerprint density at radius 3 is 2.85 bits per heavy atom. The summed E-state index contributed by atoms with van der Waals surface area (Å²) >= 11 is 1.64. The van der Waals surface area contributed by atoms with E-state index in [4.69, 9.17) is 0 Å². The first-order valence-electron chi connectivity index (χ1n) is 3.76. The number of hydrogen-bond donors (Lipinski definition) is 0. The smallest absolute Gasteiger partial charge is 0.123 e. The van der Waals surface area contributed by atoms with Gasteiger partial charge in [-0.1, -0.05) is 5.56 Å². The summed E-state index contributed by atoms with van der Waals surface area (Å²) in [5.41, 5.74) is 1.13. The average molecular weight is 238 g/mol. The van der Waals surface area contributed by atoms with Crippen molar-refractivity contribution in [2.75, 3.05) is 0 Å². The summed E-state index contributed by atoms with van der Waals surface area (Å²) in [6.45, 7) is 3.79. The summed E-state index contributed by atoms with van der Waals surface area (Å²) in [6.07, 6.45) is 0.726. The molecular formula is C10H8CoFS-.